The van der Waals surface area contributed by atoms with Crippen LogP contribution >= 0.6 is 0 Å². The SMILES string of the molecule is Cc1ccc(N2CCC(C#N)OC2=O)c(C)c1. The highest BCUT2D eigenvalue weighted by Crippen LogP contribution is 2.25. The Labute approximate surface area is 100 Å². The first-order valence-corrected chi connectivity index (χ1v) is 5.57. The van der Waals surface area contributed by atoms with Crippen molar-refractivity contribution in [1.82, 2.24) is 0 Å². The summed E-state index contributed by atoms with van der Waals surface area (Å²) in [6, 6.07) is 7.87. The first-order chi connectivity index (χ1) is 8.11. The second kappa shape index (κ2) is 4.46. The Morgan fingerprint density at radius 1 is 1.47 bits per heavy atom. The van der Waals surface area contributed by atoms with Gasteiger partial charge in [0.15, 0.2) is 6.10 Å². The molecule has 1 fully saturated rings. The lowest BCUT2D eigenvalue weighted by Gasteiger charge is -2.30. The Morgan fingerprint density at radius 3 is 2.82 bits per heavy atom. The number of aryl methyl sites for hydroxylation is 2. The summed E-state index contributed by atoms with van der Waals surface area (Å²) < 4.78 is 5.01. The van der Waals surface area contributed by atoms with Crippen LogP contribution in [-0.4, -0.2) is 18.7 Å². The Morgan fingerprint density at radius 2 is 2.24 bits per heavy atom. The van der Waals surface area contributed by atoms with Gasteiger partial charge in [0.2, 0.25) is 0 Å². The topological polar surface area (TPSA) is 53.3 Å². The second-order valence-electron chi connectivity index (χ2n) is 4.23. The minimum absolute atomic E-state index is 0.435. The van der Waals surface area contributed by atoms with E-state index in [-0.39, 0.29) is 0 Å². The van der Waals surface area contributed by atoms with Crippen molar-refractivity contribution >= 4 is 11.8 Å². The predicted molar refractivity (Wildman–Crippen MR) is 63.8 cm³/mol. The summed E-state index contributed by atoms with van der Waals surface area (Å²) in [4.78, 5) is 13.3. The molecule has 0 aliphatic carbocycles. The van der Waals surface area contributed by atoms with Crippen LogP contribution in [0.1, 0.15) is 17.5 Å². The fourth-order valence-electron chi connectivity index (χ4n) is 2.00. The highest BCUT2D eigenvalue weighted by Gasteiger charge is 2.28. The van der Waals surface area contributed by atoms with Crippen LogP contribution in [0.3, 0.4) is 0 Å². The number of carbonyl (C=O) groups excluding carboxylic acids is 1. The zero-order valence-corrected chi connectivity index (χ0v) is 9.93. The molecular formula is C13H14N2O2. The van der Waals surface area contributed by atoms with Crippen molar-refractivity contribution in [3.63, 3.8) is 0 Å². The number of amides is 1. The van der Waals surface area contributed by atoms with Crippen LogP contribution < -0.4 is 4.90 Å². The maximum Gasteiger partial charge on any atom is 0.415 e. The van der Waals surface area contributed by atoms with Crippen LogP contribution in [0.15, 0.2) is 18.2 Å². The minimum Gasteiger partial charge on any atom is -0.430 e. The van der Waals surface area contributed by atoms with Crippen molar-refractivity contribution in [1.29, 1.82) is 5.26 Å². The number of anilines is 1. The summed E-state index contributed by atoms with van der Waals surface area (Å²) in [6.45, 7) is 4.50. The van der Waals surface area contributed by atoms with Gasteiger partial charge in [-0.25, -0.2) is 4.79 Å². The van der Waals surface area contributed by atoms with E-state index in [2.05, 4.69) is 0 Å². The number of carbonyl (C=O) groups is 1. The molecule has 0 saturated carbocycles. The number of nitriles is 1. The average molecular weight is 230 g/mol. The first-order valence-electron chi connectivity index (χ1n) is 5.57. The molecule has 1 aliphatic heterocycles. The Bertz CT molecular complexity index is 491. The van der Waals surface area contributed by atoms with Gasteiger partial charge in [-0.1, -0.05) is 17.7 Å². The van der Waals surface area contributed by atoms with E-state index in [1.54, 1.807) is 4.90 Å². The summed E-state index contributed by atoms with van der Waals surface area (Å²) in [5, 5.41) is 8.71. The molecular weight excluding hydrogens is 216 g/mol. The molecule has 1 heterocycles. The van der Waals surface area contributed by atoms with Crippen LogP contribution in [0.4, 0.5) is 10.5 Å². The predicted octanol–water partition coefficient (Wildman–Crippen LogP) is 2.54. The van der Waals surface area contributed by atoms with Crippen LogP contribution in [-0.2, 0) is 4.74 Å². The van der Waals surface area contributed by atoms with Gasteiger partial charge in [0.1, 0.15) is 6.07 Å². The molecule has 2 rings (SSSR count). The van der Waals surface area contributed by atoms with Gasteiger partial charge in [0.05, 0.1) is 0 Å². The van der Waals surface area contributed by atoms with E-state index < -0.39 is 12.2 Å². The van der Waals surface area contributed by atoms with E-state index >= 15 is 0 Å². The molecule has 0 aromatic heterocycles. The molecule has 0 N–H and O–H groups in total. The molecule has 0 bridgehead atoms. The molecule has 1 aliphatic rings. The fraction of sp³-hybridized carbons (Fsp3) is 0.385. The molecule has 0 spiro atoms. The van der Waals surface area contributed by atoms with Gasteiger partial charge in [-0.05, 0) is 25.5 Å². The van der Waals surface area contributed by atoms with Gasteiger partial charge < -0.3 is 4.74 Å². The largest absolute Gasteiger partial charge is 0.430 e. The van der Waals surface area contributed by atoms with Gasteiger partial charge in [-0.2, -0.15) is 5.26 Å². The van der Waals surface area contributed by atoms with E-state index in [1.807, 2.05) is 38.1 Å². The maximum atomic E-state index is 11.8. The number of rotatable bonds is 1. The number of cyclic esters (lactones) is 1. The summed E-state index contributed by atoms with van der Waals surface area (Å²) in [5.41, 5.74) is 3.06. The molecule has 1 unspecified atom stereocenters. The van der Waals surface area contributed by atoms with Crippen molar-refractivity contribution in [3.8, 4) is 6.07 Å². The number of hydrogen-bond donors (Lipinski definition) is 0. The Kier molecular flexibility index (Phi) is 3.01. The molecule has 1 saturated heterocycles. The summed E-state index contributed by atoms with van der Waals surface area (Å²) >= 11 is 0. The molecule has 1 amide bonds. The number of benzene rings is 1. The molecule has 1 atom stereocenters. The van der Waals surface area contributed by atoms with E-state index in [0.717, 1.165) is 16.8 Å². The third-order valence-electron chi connectivity index (χ3n) is 2.87. The zero-order chi connectivity index (χ0) is 12.4. The normalized spacial score (nSPS) is 19.7. The zero-order valence-electron chi connectivity index (χ0n) is 9.93. The van der Waals surface area contributed by atoms with Crippen LogP contribution in [0.25, 0.3) is 0 Å². The molecule has 17 heavy (non-hydrogen) atoms. The highest BCUT2D eigenvalue weighted by atomic mass is 16.6. The molecule has 1 aromatic carbocycles. The van der Waals surface area contributed by atoms with Crippen LogP contribution in [0.2, 0.25) is 0 Å². The van der Waals surface area contributed by atoms with Crippen molar-refractivity contribution in [2.45, 2.75) is 26.4 Å². The summed E-state index contributed by atoms with van der Waals surface area (Å²) in [5.74, 6) is 0. The minimum atomic E-state index is -0.607. The van der Waals surface area contributed by atoms with Gasteiger partial charge >= 0.3 is 6.09 Å². The van der Waals surface area contributed by atoms with Gasteiger partial charge in [0, 0.05) is 18.7 Å². The molecule has 4 nitrogen and oxygen atoms in total. The number of hydrogen-bond acceptors (Lipinski definition) is 3. The fourth-order valence-corrected chi connectivity index (χ4v) is 2.00. The number of nitrogens with zero attached hydrogens (tertiary/aromatic N) is 2. The van der Waals surface area contributed by atoms with Crippen LogP contribution in [0.5, 0.6) is 0 Å². The third kappa shape index (κ3) is 2.23. The van der Waals surface area contributed by atoms with Gasteiger partial charge in [-0.3, -0.25) is 4.90 Å². The average Bonchev–Trinajstić information content (AvgIpc) is 2.30. The molecule has 4 heteroatoms. The molecule has 1 aromatic rings. The van der Waals surface area contributed by atoms with Crippen molar-refractivity contribution < 1.29 is 9.53 Å². The van der Waals surface area contributed by atoms with E-state index in [0.29, 0.717) is 13.0 Å². The van der Waals surface area contributed by atoms with Gasteiger partial charge in [-0.15, -0.1) is 0 Å². The summed E-state index contributed by atoms with van der Waals surface area (Å²) in [7, 11) is 0. The van der Waals surface area contributed by atoms with E-state index in [9.17, 15) is 4.79 Å². The monoisotopic (exact) mass is 230 g/mol. The lowest BCUT2D eigenvalue weighted by molar-refractivity contribution is 0.111. The lowest BCUT2D eigenvalue weighted by atomic mass is 10.1. The van der Waals surface area contributed by atoms with Crippen molar-refractivity contribution in [2.24, 2.45) is 0 Å². The van der Waals surface area contributed by atoms with Gasteiger partial charge in [0.25, 0.3) is 0 Å². The molecule has 0 radical (unpaired) electrons. The Hall–Kier alpha value is -2.02. The van der Waals surface area contributed by atoms with Crippen molar-refractivity contribution in [2.75, 3.05) is 11.4 Å². The third-order valence-corrected chi connectivity index (χ3v) is 2.87. The Balaban J connectivity index is 2.24. The van der Waals surface area contributed by atoms with E-state index in [4.69, 9.17) is 10.00 Å². The standard InChI is InChI=1S/C13H14N2O2/c1-9-3-4-12(10(2)7-9)15-6-5-11(8-14)17-13(15)16/h3-4,7,11H,5-6H2,1-2H3. The van der Waals surface area contributed by atoms with Crippen LogP contribution in [0, 0.1) is 25.2 Å². The maximum absolute atomic E-state index is 11.8. The van der Waals surface area contributed by atoms with E-state index in [1.165, 1.54) is 0 Å². The molecule has 88 valence electrons. The second-order valence-corrected chi connectivity index (χ2v) is 4.23. The smallest absolute Gasteiger partial charge is 0.415 e. The first kappa shape index (κ1) is 11.5. The quantitative estimate of drug-likeness (QED) is 0.745. The lowest BCUT2D eigenvalue weighted by Crippen LogP contribution is -2.41. The highest BCUT2D eigenvalue weighted by molar-refractivity contribution is 5.89. The van der Waals surface area contributed by atoms with Crippen molar-refractivity contribution in [3.05, 3.63) is 29.3 Å². The number of ether oxygens (including phenoxy) is 1. The summed E-state index contributed by atoms with van der Waals surface area (Å²) in [6.07, 6.45) is -0.491.